The minimum atomic E-state index is 0. The number of aryl methyl sites for hydroxylation is 3. The SMILES string of the molecule is Cc1nc2c[c-]c(-c3ncnn3-c3c(C)cccc3C)cc2o1.[Ir]. The molecular weight excluding hydrogens is 480 g/mol. The van der Waals surface area contributed by atoms with Crippen molar-refractivity contribution in [3.05, 3.63) is 59.7 Å². The van der Waals surface area contributed by atoms with Crippen LogP contribution in [-0.4, -0.2) is 19.7 Å². The molecule has 1 radical (unpaired) electrons. The molecule has 6 heteroatoms. The topological polar surface area (TPSA) is 56.7 Å². The van der Waals surface area contributed by atoms with E-state index in [0.717, 1.165) is 39.3 Å². The maximum absolute atomic E-state index is 5.61. The Kier molecular flexibility index (Phi) is 4.35. The fraction of sp³-hybridized carbons (Fsp3) is 0.167. The van der Waals surface area contributed by atoms with Gasteiger partial charge in [0.1, 0.15) is 6.33 Å². The van der Waals surface area contributed by atoms with Crippen molar-refractivity contribution in [2.75, 3.05) is 0 Å². The van der Waals surface area contributed by atoms with Crippen LogP contribution in [0.2, 0.25) is 0 Å². The number of fused-ring (bicyclic) bond motifs is 1. The molecule has 5 nitrogen and oxygen atoms in total. The third kappa shape index (κ3) is 2.68. The average Bonchev–Trinajstić information content (AvgIpc) is 3.11. The zero-order chi connectivity index (χ0) is 16.0. The van der Waals surface area contributed by atoms with Gasteiger partial charge in [-0.3, -0.25) is 14.6 Å². The van der Waals surface area contributed by atoms with Gasteiger partial charge in [-0.2, -0.15) is 5.10 Å². The van der Waals surface area contributed by atoms with Crippen LogP contribution >= 0.6 is 0 Å². The first kappa shape index (κ1) is 16.6. The summed E-state index contributed by atoms with van der Waals surface area (Å²) in [6, 6.07) is 13.1. The summed E-state index contributed by atoms with van der Waals surface area (Å²) in [5, 5.41) is 4.41. The summed E-state index contributed by atoms with van der Waals surface area (Å²) in [6.07, 6.45) is 1.56. The van der Waals surface area contributed by atoms with E-state index in [1.807, 2.05) is 29.8 Å². The van der Waals surface area contributed by atoms with Gasteiger partial charge in [0.2, 0.25) is 0 Å². The first-order chi connectivity index (χ1) is 11.1. The average molecular weight is 496 g/mol. The van der Waals surface area contributed by atoms with E-state index < -0.39 is 0 Å². The van der Waals surface area contributed by atoms with Crippen LogP contribution < -0.4 is 0 Å². The van der Waals surface area contributed by atoms with Gasteiger partial charge in [-0.15, -0.1) is 17.7 Å². The smallest absolute Gasteiger partial charge is 0.180 e. The van der Waals surface area contributed by atoms with Crippen molar-refractivity contribution >= 4 is 11.1 Å². The van der Waals surface area contributed by atoms with E-state index in [9.17, 15) is 0 Å². The van der Waals surface area contributed by atoms with Crippen molar-refractivity contribution in [1.29, 1.82) is 0 Å². The summed E-state index contributed by atoms with van der Waals surface area (Å²) >= 11 is 0. The van der Waals surface area contributed by atoms with Gasteiger partial charge in [0, 0.05) is 32.5 Å². The molecule has 0 N–H and O–H groups in total. The number of oxazole rings is 1. The van der Waals surface area contributed by atoms with E-state index >= 15 is 0 Å². The Hall–Kier alpha value is -2.30. The zero-order valence-electron chi connectivity index (χ0n) is 13.5. The van der Waals surface area contributed by atoms with Gasteiger partial charge in [-0.1, -0.05) is 24.3 Å². The molecule has 2 aromatic carbocycles. The molecule has 0 aliphatic carbocycles. The number of hydrogen-bond donors (Lipinski definition) is 0. The standard InChI is InChI=1S/C18H15N4O.Ir/c1-11-5-4-6-12(2)17(11)22-18(19-10-20-22)14-7-8-15-16(9-14)23-13(3)21-15;/h4-6,8-10H,1-3H3;/q-1;. The second kappa shape index (κ2) is 6.30. The first-order valence-corrected chi connectivity index (χ1v) is 7.39. The summed E-state index contributed by atoms with van der Waals surface area (Å²) in [7, 11) is 0. The molecular formula is C18H15IrN4O-. The fourth-order valence-electron chi connectivity index (χ4n) is 2.84. The third-order valence-electron chi connectivity index (χ3n) is 3.87. The van der Waals surface area contributed by atoms with Crippen LogP contribution in [-0.2, 0) is 20.1 Å². The van der Waals surface area contributed by atoms with Crippen LogP contribution in [0.5, 0.6) is 0 Å². The van der Waals surface area contributed by atoms with E-state index in [4.69, 9.17) is 4.42 Å². The Labute approximate surface area is 153 Å². The van der Waals surface area contributed by atoms with Gasteiger partial charge >= 0.3 is 0 Å². The minimum absolute atomic E-state index is 0. The first-order valence-electron chi connectivity index (χ1n) is 7.39. The summed E-state index contributed by atoms with van der Waals surface area (Å²) in [4.78, 5) is 8.72. The van der Waals surface area contributed by atoms with Crippen molar-refractivity contribution in [3.8, 4) is 17.1 Å². The van der Waals surface area contributed by atoms with Crippen LogP contribution in [0.3, 0.4) is 0 Å². The molecule has 24 heavy (non-hydrogen) atoms. The number of para-hydroxylation sites is 1. The Balaban J connectivity index is 0.00000169. The fourth-order valence-corrected chi connectivity index (χ4v) is 2.84. The van der Waals surface area contributed by atoms with E-state index in [0.29, 0.717) is 5.89 Å². The van der Waals surface area contributed by atoms with Crippen molar-refractivity contribution in [3.63, 3.8) is 0 Å². The van der Waals surface area contributed by atoms with Crippen LogP contribution in [0.4, 0.5) is 0 Å². The van der Waals surface area contributed by atoms with E-state index in [2.05, 4.69) is 47.1 Å². The predicted molar refractivity (Wildman–Crippen MR) is 87.4 cm³/mol. The zero-order valence-corrected chi connectivity index (χ0v) is 15.9. The van der Waals surface area contributed by atoms with Crippen LogP contribution in [0.1, 0.15) is 17.0 Å². The van der Waals surface area contributed by atoms with Crippen molar-refractivity contribution in [2.45, 2.75) is 20.8 Å². The molecule has 0 unspecified atom stereocenters. The molecule has 0 fully saturated rings. The molecule has 0 saturated carbocycles. The maximum atomic E-state index is 5.61. The molecule has 123 valence electrons. The molecule has 0 amide bonds. The summed E-state index contributed by atoms with van der Waals surface area (Å²) < 4.78 is 7.46. The van der Waals surface area contributed by atoms with E-state index in [1.54, 1.807) is 6.33 Å². The molecule has 0 aliphatic heterocycles. The molecule has 0 bridgehead atoms. The Morgan fingerprint density at radius 2 is 1.88 bits per heavy atom. The number of hydrogen-bond acceptors (Lipinski definition) is 4. The molecule has 2 heterocycles. The van der Waals surface area contributed by atoms with Gasteiger partial charge in [-0.25, -0.2) is 0 Å². The van der Waals surface area contributed by atoms with Gasteiger partial charge in [-0.05, 0) is 25.0 Å². The second-order valence-corrected chi connectivity index (χ2v) is 5.56. The number of benzene rings is 2. The quantitative estimate of drug-likeness (QED) is 0.397. The van der Waals surface area contributed by atoms with Gasteiger partial charge < -0.3 is 4.42 Å². The van der Waals surface area contributed by atoms with Crippen LogP contribution in [0.15, 0.2) is 41.1 Å². The Morgan fingerprint density at radius 1 is 1.12 bits per heavy atom. The van der Waals surface area contributed by atoms with Gasteiger partial charge in [0.15, 0.2) is 5.89 Å². The van der Waals surface area contributed by atoms with Crippen LogP contribution in [0.25, 0.3) is 28.2 Å². The molecule has 0 saturated heterocycles. The molecule has 0 atom stereocenters. The normalized spacial score (nSPS) is 10.8. The minimum Gasteiger partial charge on any atom is -0.461 e. The second-order valence-electron chi connectivity index (χ2n) is 5.56. The molecule has 0 aliphatic rings. The summed E-state index contributed by atoms with van der Waals surface area (Å²) in [5.74, 6) is 1.38. The van der Waals surface area contributed by atoms with Gasteiger partial charge in [0.25, 0.3) is 0 Å². The van der Waals surface area contributed by atoms with Crippen LogP contribution in [0, 0.1) is 26.8 Å². The maximum Gasteiger partial charge on any atom is 0.180 e. The molecule has 2 aromatic heterocycles. The van der Waals surface area contributed by atoms with Crippen molar-refractivity contribution in [1.82, 2.24) is 19.7 Å². The number of rotatable bonds is 2. The third-order valence-corrected chi connectivity index (χ3v) is 3.87. The molecule has 0 spiro atoms. The van der Waals surface area contributed by atoms with Gasteiger partial charge in [0.05, 0.1) is 17.1 Å². The Bertz CT molecular complexity index is 999. The van der Waals surface area contributed by atoms with Crippen molar-refractivity contribution < 1.29 is 24.5 Å². The van der Waals surface area contributed by atoms with Crippen molar-refractivity contribution in [2.24, 2.45) is 0 Å². The molecule has 4 aromatic rings. The molecule has 4 rings (SSSR count). The summed E-state index contributed by atoms with van der Waals surface area (Å²) in [5.41, 5.74) is 5.69. The van der Waals surface area contributed by atoms with E-state index in [-0.39, 0.29) is 20.1 Å². The number of nitrogens with zero attached hydrogens (tertiary/aromatic N) is 4. The predicted octanol–water partition coefficient (Wildman–Crippen LogP) is 3.80. The summed E-state index contributed by atoms with van der Waals surface area (Å²) in [6.45, 7) is 5.97. The number of aromatic nitrogens is 4. The largest absolute Gasteiger partial charge is 0.461 e. The Morgan fingerprint density at radius 3 is 2.62 bits per heavy atom. The monoisotopic (exact) mass is 496 g/mol. The van der Waals surface area contributed by atoms with E-state index in [1.165, 1.54) is 0 Å².